The minimum absolute atomic E-state index is 0.936. The summed E-state index contributed by atoms with van der Waals surface area (Å²) in [7, 11) is 10.7. The van der Waals surface area contributed by atoms with E-state index in [1.807, 2.05) is 12.1 Å². The van der Waals surface area contributed by atoms with Gasteiger partial charge < -0.3 is 31.8 Å². The SMILES string of the molecule is Cn1c2ccc(-c3ccccc3)cc2c2cc(-c3ccccc3)ccc21.Cn1c2ccccc2c2cc(-c3ccc4c(c3)c3ccccc3n4-c3ccccc3)ccc21.Cn1c2ccccc2c2cc(-c3ccc4oc5ccccc5c4c3)ccc21.Cn1c2ccccc2c2cc(-c3ccccc3)ccc21.Cn1c2ccccc2c2ccccc21. The second kappa shape index (κ2) is 30.3. The third kappa shape index (κ3) is 12.7. The minimum Gasteiger partial charge on any atom is -0.456 e. The second-order valence-electron chi connectivity index (χ2n) is 31.4. The summed E-state index contributed by atoms with van der Waals surface area (Å²) in [6.45, 7) is 0. The van der Waals surface area contributed by atoms with E-state index in [1.54, 1.807) is 0 Å². The van der Waals surface area contributed by atoms with Gasteiger partial charge in [0.15, 0.2) is 0 Å². The first-order valence-corrected chi connectivity index (χ1v) is 41.2. The molecule has 7 heteroatoms. The van der Waals surface area contributed by atoms with Gasteiger partial charge in [0.05, 0.1) is 11.0 Å². The van der Waals surface area contributed by atoms with E-state index in [9.17, 15) is 0 Å². The zero-order chi connectivity index (χ0) is 80.5. The summed E-state index contributed by atoms with van der Waals surface area (Å²) in [5, 5.41) is 18.0. The highest BCUT2D eigenvalue weighted by molar-refractivity contribution is 6.16. The molecule has 0 radical (unpaired) electrons. The standard InChI is InChI=1S/C31H22N2.C25H17NO.C25H19N.C19H15N.C13H11N/c1-32-28-13-7-5-11-24(28)26-19-21(15-17-29(26)32)22-16-18-31-27(20-22)25-12-6-8-14-30(25)33(31)23-9-3-2-4-10-23;1-26-22-8-4-2-6-18(22)20-14-16(10-12-23(20)26)17-11-13-25-21(15-17)19-7-3-5-9-24(19)27-25;1-26-24-14-12-20(18-8-4-2-5-9-18)16-22(24)23-17-21(13-15-25(23)26)19-10-6-3-7-11-19;1-20-18-10-6-5-9-16(18)17-13-15(11-12-19(17)20)14-7-3-2-4-8-14;1-14-12-8-4-2-6-10(12)11-7-3-5-9-13(11)14/h2-20H,1H3;2-15H,1H3;2-17H,1H3;2-13H,1H3;2-9H,1H3. The summed E-state index contributed by atoms with van der Waals surface area (Å²) in [6.07, 6.45) is 0. The van der Waals surface area contributed by atoms with Gasteiger partial charge in [0, 0.05) is 171 Å². The zero-order valence-electron chi connectivity index (χ0n) is 67.4. The molecule has 0 saturated carbocycles. The molecule has 0 aliphatic carbocycles. The van der Waals surface area contributed by atoms with Gasteiger partial charge in [0.1, 0.15) is 11.2 Å². The normalized spacial score (nSPS) is 11.5. The highest BCUT2D eigenvalue weighted by Crippen LogP contribution is 2.42. The summed E-state index contributed by atoms with van der Waals surface area (Å²) in [5.74, 6) is 0. The highest BCUT2D eigenvalue weighted by atomic mass is 16.3. The average Bonchev–Trinajstić information content (AvgIpc) is 1.59. The lowest BCUT2D eigenvalue weighted by molar-refractivity contribution is 0.669. The highest BCUT2D eigenvalue weighted by Gasteiger charge is 2.19. The van der Waals surface area contributed by atoms with Crippen LogP contribution in [0.2, 0.25) is 0 Å². The Labute approximate surface area is 695 Å². The van der Waals surface area contributed by atoms with E-state index in [0.29, 0.717) is 0 Å². The number of rotatable bonds is 6. The molecule has 18 aromatic carbocycles. The van der Waals surface area contributed by atoms with Crippen molar-refractivity contribution in [3.8, 4) is 61.3 Å². The summed E-state index contributed by atoms with van der Waals surface area (Å²) in [5.41, 5.74) is 30.8. The molecule has 0 unspecified atom stereocenters. The fourth-order valence-corrected chi connectivity index (χ4v) is 18.5. The average molecular weight is 1540 g/mol. The summed E-state index contributed by atoms with van der Waals surface area (Å²) in [6, 6.07) is 149. The molecule has 120 heavy (non-hydrogen) atoms. The summed E-state index contributed by atoms with van der Waals surface area (Å²) >= 11 is 0. The van der Waals surface area contributed by atoms with Crippen LogP contribution in [-0.2, 0) is 35.2 Å². The number of nitrogens with zero attached hydrogens (tertiary/aromatic N) is 6. The molecular weight excluding hydrogens is 1460 g/mol. The third-order valence-electron chi connectivity index (χ3n) is 24.6. The van der Waals surface area contributed by atoms with Gasteiger partial charge in [-0.05, 0) is 195 Å². The number of fused-ring (bicyclic) bond motifs is 21. The van der Waals surface area contributed by atoms with Crippen molar-refractivity contribution in [1.29, 1.82) is 0 Å². The van der Waals surface area contributed by atoms with Gasteiger partial charge in [-0.15, -0.1) is 0 Å². The quantitative estimate of drug-likeness (QED) is 0.164. The van der Waals surface area contributed by atoms with Crippen LogP contribution in [-0.4, -0.2) is 27.4 Å². The van der Waals surface area contributed by atoms with E-state index < -0.39 is 0 Å². The number of aromatic nitrogens is 6. The molecule has 0 fully saturated rings. The fourth-order valence-electron chi connectivity index (χ4n) is 18.5. The predicted molar refractivity (Wildman–Crippen MR) is 511 cm³/mol. The first-order valence-electron chi connectivity index (χ1n) is 41.2. The van der Waals surface area contributed by atoms with Gasteiger partial charge in [0.2, 0.25) is 0 Å². The molecule has 0 spiro atoms. The van der Waals surface area contributed by atoms with E-state index in [0.717, 1.165) is 11.2 Å². The Kier molecular flexibility index (Phi) is 18.3. The van der Waals surface area contributed by atoms with Crippen molar-refractivity contribution in [2.24, 2.45) is 35.2 Å². The first-order chi connectivity index (χ1) is 59.1. The maximum absolute atomic E-state index is 5.97. The van der Waals surface area contributed by atoms with Crippen LogP contribution in [0.25, 0.3) is 214 Å². The molecule has 25 aromatic rings. The molecule has 0 bridgehead atoms. The molecule has 0 aliphatic heterocycles. The molecule has 0 amide bonds. The van der Waals surface area contributed by atoms with Crippen molar-refractivity contribution < 1.29 is 4.42 Å². The Hall–Kier alpha value is -15.4. The van der Waals surface area contributed by atoms with E-state index in [2.05, 4.69) is 469 Å². The lowest BCUT2D eigenvalue weighted by atomic mass is 10.0. The maximum atomic E-state index is 5.97. The Morgan fingerprint density at radius 3 is 0.683 bits per heavy atom. The largest absolute Gasteiger partial charge is 0.456 e. The molecule has 7 heterocycles. The molecule has 0 N–H and O–H groups in total. The van der Waals surface area contributed by atoms with E-state index in [-0.39, 0.29) is 0 Å². The Bertz CT molecular complexity index is 8060. The van der Waals surface area contributed by atoms with Crippen molar-refractivity contribution in [3.05, 3.63) is 419 Å². The van der Waals surface area contributed by atoms with Gasteiger partial charge in [-0.25, -0.2) is 0 Å². The monoisotopic (exact) mass is 1540 g/mol. The number of benzene rings is 18. The van der Waals surface area contributed by atoms with E-state index in [1.165, 1.54) is 203 Å². The molecule has 0 atom stereocenters. The third-order valence-corrected chi connectivity index (χ3v) is 24.6. The van der Waals surface area contributed by atoms with Crippen LogP contribution in [0.4, 0.5) is 0 Å². The number of aryl methyl sites for hydroxylation is 5. The number of furan rings is 1. The predicted octanol–water partition coefficient (Wildman–Crippen LogP) is 30.0. The van der Waals surface area contributed by atoms with E-state index >= 15 is 0 Å². The van der Waals surface area contributed by atoms with Gasteiger partial charge >= 0.3 is 0 Å². The molecule has 7 nitrogen and oxygen atoms in total. The van der Waals surface area contributed by atoms with Crippen molar-refractivity contribution in [3.63, 3.8) is 0 Å². The number of hydrogen-bond acceptors (Lipinski definition) is 1. The lowest BCUT2D eigenvalue weighted by Gasteiger charge is -2.08. The van der Waals surface area contributed by atoms with Crippen molar-refractivity contribution >= 4 is 153 Å². The Balaban J connectivity index is 0.0000000950. The topological polar surface area (TPSA) is 42.7 Å². The Morgan fingerprint density at radius 1 is 0.142 bits per heavy atom. The molecule has 25 rings (SSSR count). The first kappa shape index (κ1) is 72.3. The van der Waals surface area contributed by atoms with Crippen LogP contribution in [0.5, 0.6) is 0 Å². The van der Waals surface area contributed by atoms with Crippen LogP contribution < -0.4 is 0 Å². The van der Waals surface area contributed by atoms with E-state index in [4.69, 9.17) is 4.42 Å². The number of hydrogen-bond donors (Lipinski definition) is 0. The summed E-state index contributed by atoms with van der Waals surface area (Å²) in [4.78, 5) is 0. The van der Waals surface area contributed by atoms with Crippen molar-refractivity contribution in [2.45, 2.75) is 0 Å². The van der Waals surface area contributed by atoms with Gasteiger partial charge in [-0.1, -0.05) is 279 Å². The maximum Gasteiger partial charge on any atom is 0.135 e. The molecule has 7 aromatic heterocycles. The molecule has 572 valence electrons. The fraction of sp³-hybridized carbons (Fsp3) is 0.0442. The van der Waals surface area contributed by atoms with Crippen molar-refractivity contribution in [2.75, 3.05) is 0 Å². The smallest absolute Gasteiger partial charge is 0.135 e. The number of para-hydroxylation sites is 8. The summed E-state index contributed by atoms with van der Waals surface area (Å²) < 4.78 is 19.7. The molecule has 0 saturated heterocycles. The lowest BCUT2D eigenvalue weighted by Crippen LogP contribution is -1.92. The van der Waals surface area contributed by atoms with Gasteiger partial charge in [-0.2, -0.15) is 0 Å². The zero-order valence-corrected chi connectivity index (χ0v) is 67.4. The van der Waals surface area contributed by atoms with Gasteiger partial charge in [0.25, 0.3) is 0 Å². The Morgan fingerprint density at radius 2 is 0.342 bits per heavy atom. The van der Waals surface area contributed by atoms with Crippen LogP contribution in [0.3, 0.4) is 0 Å². The van der Waals surface area contributed by atoms with Gasteiger partial charge in [-0.3, -0.25) is 0 Å². The van der Waals surface area contributed by atoms with Crippen LogP contribution in [0, 0.1) is 0 Å². The van der Waals surface area contributed by atoms with Crippen LogP contribution >= 0.6 is 0 Å². The molecular formula is C113H84N6O. The molecule has 0 aliphatic rings. The van der Waals surface area contributed by atoms with Crippen LogP contribution in [0.1, 0.15) is 0 Å². The van der Waals surface area contributed by atoms with Crippen molar-refractivity contribution in [1.82, 2.24) is 27.4 Å². The van der Waals surface area contributed by atoms with Crippen LogP contribution in [0.15, 0.2) is 423 Å². The minimum atomic E-state index is 0.936. The second-order valence-corrected chi connectivity index (χ2v) is 31.4.